The third-order valence-electron chi connectivity index (χ3n) is 2.31. The molecule has 1 heterocycles. The van der Waals surface area contributed by atoms with Gasteiger partial charge in [0.15, 0.2) is 0 Å². The quantitative estimate of drug-likeness (QED) is 0.774. The smallest absolute Gasteiger partial charge is 0.0493 e. The molecule has 2 nitrogen and oxygen atoms in total. The molecule has 1 unspecified atom stereocenters. The molecule has 0 radical (unpaired) electrons. The summed E-state index contributed by atoms with van der Waals surface area (Å²) in [6, 6.07) is 10.3. The van der Waals surface area contributed by atoms with Gasteiger partial charge in [-0.2, -0.15) is 11.3 Å². The first kappa shape index (κ1) is 10.1. The van der Waals surface area contributed by atoms with E-state index < -0.39 is 0 Å². The first-order valence-corrected chi connectivity index (χ1v) is 5.84. The zero-order valence-electron chi connectivity index (χ0n) is 8.60. The fourth-order valence-electron chi connectivity index (χ4n) is 1.48. The molecular weight excluding hydrogens is 204 g/mol. The van der Waals surface area contributed by atoms with Crippen LogP contribution in [0.4, 0.5) is 11.4 Å². The van der Waals surface area contributed by atoms with Gasteiger partial charge in [0.25, 0.3) is 0 Å². The lowest BCUT2D eigenvalue weighted by molar-refractivity contribution is 0.891. The Morgan fingerprint density at radius 2 is 2.20 bits per heavy atom. The van der Waals surface area contributed by atoms with E-state index in [4.69, 9.17) is 5.73 Å². The molecule has 0 saturated heterocycles. The van der Waals surface area contributed by atoms with E-state index in [-0.39, 0.29) is 0 Å². The number of thiophene rings is 1. The highest BCUT2D eigenvalue weighted by Crippen LogP contribution is 2.22. The molecule has 0 bridgehead atoms. The molecule has 1 aromatic carbocycles. The van der Waals surface area contributed by atoms with E-state index in [1.165, 1.54) is 5.56 Å². The summed E-state index contributed by atoms with van der Waals surface area (Å²) in [5, 5.41) is 7.66. The summed E-state index contributed by atoms with van der Waals surface area (Å²) in [4.78, 5) is 0. The lowest BCUT2D eigenvalue weighted by atomic mass is 10.1. The number of hydrogen-bond donors (Lipinski definition) is 2. The Hall–Kier alpha value is -1.48. The molecule has 0 fully saturated rings. The summed E-state index contributed by atoms with van der Waals surface area (Å²) in [6.07, 6.45) is 0. The summed E-state index contributed by atoms with van der Waals surface area (Å²) in [6.45, 7) is 2.14. The maximum atomic E-state index is 5.72. The molecule has 1 aromatic heterocycles. The maximum absolute atomic E-state index is 5.72. The van der Waals surface area contributed by atoms with Gasteiger partial charge in [0.1, 0.15) is 0 Å². The van der Waals surface area contributed by atoms with Crippen LogP contribution >= 0.6 is 11.3 Å². The van der Waals surface area contributed by atoms with Crippen molar-refractivity contribution in [2.45, 2.75) is 13.0 Å². The predicted molar refractivity (Wildman–Crippen MR) is 67.2 cm³/mol. The fourth-order valence-corrected chi connectivity index (χ4v) is 2.24. The summed E-state index contributed by atoms with van der Waals surface area (Å²) in [5.74, 6) is 0. The summed E-state index contributed by atoms with van der Waals surface area (Å²) < 4.78 is 0. The van der Waals surface area contributed by atoms with Gasteiger partial charge in [-0.3, -0.25) is 0 Å². The number of anilines is 2. The van der Waals surface area contributed by atoms with Crippen molar-refractivity contribution in [2.24, 2.45) is 0 Å². The van der Waals surface area contributed by atoms with Crippen molar-refractivity contribution in [3.8, 4) is 0 Å². The highest BCUT2D eigenvalue weighted by atomic mass is 32.1. The normalized spacial score (nSPS) is 12.3. The number of nitrogen functional groups attached to an aromatic ring is 1. The molecule has 0 saturated carbocycles. The SMILES string of the molecule is CC(Nc1cccc(N)c1)c1ccsc1. The molecule has 0 aliphatic heterocycles. The molecule has 0 aliphatic rings. The second kappa shape index (κ2) is 4.36. The van der Waals surface area contributed by atoms with Crippen molar-refractivity contribution in [3.63, 3.8) is 0 Å². The largest absolute Gasteiger partial charge is 0.399 e. The van der Waals surface area contributed by atoms with Crippen LogP contribution in [0.2, 0.25) is 0 Å². The second-order valence-electron chi connectivity index (χ2n) is 3.55. The molecule has 1 atom stereocenters. The van der Waals surface area contributed by atoms with Crippen LogP contribution in [0.1, 0.15) is 18.5 Å². The minimum atomic E-state index is 0.318. The van der Waals surface area contributed by atoms with Gasteiger partial charge in [-0.1, -0.05) is 6.07 Å². The van der Waals surface area contributed by atoms with E-state index in [0.717, 1.165) is 11.4 Å². The third kappa shape index (κ3) is 2.50. The highest BCUT2D eigenvalue weighted by molar-refractivity contribution is 7.07. The highest BCUT2D eigenvalue weighted by Gasteiger charge is 2.04. The first-order valence-electron chi connectivity index (χ1n) is 4.90. The van der Waals surface area contributed by atoms with Crippen LogP contribution in [0.3, 0.4) is 0 Å². The van der Waals surface area contributed by atoms with E-state index in [0.29, 0.717) is 6.04 Å². The van der Waals surface area contributed by atoms with E-state index in [2.05, 4.69) is 29.1 Å². The molecule has 2 rings (SSSR count). The topological polar surface area (TPSA) is 38.0 Å². The van der Waals surface area contributed by atoms with Crippen LogP contribution in [-0.2, 0) is 0 Å². The molecule has 0 spiro atoms. The Morgan fingerprint density at radius 3 is 2.87 bits per heavy atom. The second-order valence-corrected chi connectivity index (χ2v) is 4.33. The fraction of sp³-hybridized carbons (Fsp3) is 0.167. The number of hydrogen-bond acceptors (Lipinski definition) is 3. The van der Waals surface area contributed by atoms with Crippen LogP contribution in [-0.4, -0.2) is 0 Å². The zero-order valence-corrected chi connectivity index (χ0v) is 9.42. The van der Waals surface area contributed by atoms with E-state index in [9.17, 15) is 0 Å². The maximum Gasteiger partial charge on any atom is 0.0493 e. The Labute approximate surface area is 93.7 Å². The van der Waals surface area contributed by atoms with Gasteiger partial charge >= 0.3 is 0 Å². The Bertz CT molecular complexity index is 423. The number of nitrogens with one attached hydrogen (secondary N) is 1. The standard InChI is InChI=1S/C12H14N2S/c1-9(10-5-6-15-8-10)14-12-4-2-3-11(13)7-12/h2-9,14H,13H2,1H3. The van der Waals surface area contributed by atoms with E-state index in [1.807, 2.05) is 24.3 Å². The molecule has 3 N–H and O–H groups in total. The monoisotopic (exact) mass is 218 g/mol. The molecular formula is C12H14N2S. The first-order chi connectivity index (χ1) is 7.25. The predicted octanol–water partition coefficient (Wildman–Crippen LogP) is 3.50. The third-order valence-corrected chi connectivity index (χ3v) is 3.01. The Kier molecular flexibility index (Phi) is 2.92. The average molecular weight is 218 g/mol. The minimum absolute atomic E-state index is 0.318. The lowest BCUT2D eigenvalue weighted by Gasteiger charge is -2.14. The summed E-state index contributed by atoms with van der Waals surface area (Å²) >= 11 is 1.72. The van der Waals surface area contributed by atoms with Gasteiger partial charge in [-0.25, -0.2) is 0 Å². The van der Waals surface area contributed by atoms with Gasteiger partial charge < -0.3 is 11.1 Å². The number of rotatable bonds is 3. The van der Waals surface area contributed by atoms with Crippen molar-refractivity contribution in [1.82, 2.24) is 0 Å². The van der Waals surface area contributed by atoms with Crippen LogP contribution in [0, 0.1) is 0 Å². The average Bonchev–Trinajstić information content (AvgIpc) is 2.70. The molecule has 3 heteroatoms. The van der Waals surface area contributed by atoms with Crippen molar-refractivity contribution in [2.75, 3.05) is 11.1 Å². The molecule has 78 valence electrons. The molecule has 2 aromatic rings. The van der Waals surface area contributed by atoms with Crippen molar-refractivity contribution in [1.29, 1.82) is 0 Å². The van der Waals surface area contributed by atoms with Gasteiger partial charge in [0.05, 0.1) is 0 Å². The van der Waals surface area contributed by atoms with Crippen LogP contribution in [0.5, 0.6) is 0 Å². The lowest BCUT2D eigenvalue weighted by Crippen LogP contribution is -2.05. The van der Waals surface area contributed by atoms with Crippen LogP contribution in [0.15, 0.2) is 41.1 Å². The van der Waals surface area contributed by atoms with Gasteiger partial charge in [0, 0.05) is 17.4 Å². The van der Waals surface area contributed by atoms with Crippen LogP contribution < -0.4 is 11.1 Å². The number of nitrogens with two attached hydrogens (primary N) is 1. The van der Waals surface area contributed by atoms with Crippen molar-refractivity contribution in [3.05, 3.63) is 46.7 Å². The molecule has 0 amide bonds. The molecule has 0 aliphatic carbocycles. The zero-order chi connectivity index (χ0) is 10.7. The van der Waals surface area contributed by atoms with Crippen LogP contribution in [0.25, 0.3) is 0 Å². The van der Waals surface area contributed by atoms with Gasteiger partial charge in [0.2, 0.25) is 0 Å². The summed E-state index contributed by atoms with van der Waals surface area (Å²) in [7, 11) is 0. The van der Waals surface area contributed by atoms with E-state index in [1.54, 1.807) is 11.3 Å². The number of benzene rings is 1. The van der Waals surface area contributed by atoms with Crippen molar-refractivity contribution < 1.29 is 0 Å². The van der Waals surface area contributed by atoms with Gasteiger partial charge in [-0.15, -0.1) is 0 Å². The minimum Gasteiger partial charge on any atom is -0.399 e. The molecule has 15 heavy (non-hydrogen) atoms. The van der Waals surface area contributed by atoms with Gasteiger partial charge in [-0.05, 0) is 47.5 Å². The summed E-state index contributed by atoms with van der Waals surface area (Å²) in [5.41, 5.74) is 8.88. The Morgan fingerprint density at radius 1 is 1.33 bits per heavy atom. The van der Waals surface area contributed by atoms with E-state index >= 15 is 0 Å². The Balaban J connectivity index is 2.09. The van der Waals surface area contributed by atoms with Crippen molar-refractivity contribution >= 4 is 22.7 Å².